The molecule has 0 atom stereocenters. The number of benzene rings is 2. The molecule has 0 aliphatic carbocycles. The van der Waals surface area contributed by atoms with E-state index in [0.29, 0.717) is 5.11 Å². The second-order valence-corrected chi connectivity index (χ2v) is 7.03. The van der Waals surface area contributed by atoms with Crippen LogP contribution in [0.15, 0.2) is 48.5 Å². The third kappa shape index (κ3) is 5.26. The molecule has 1 aliphatic heterocycles. The first-order valence-corrected chi connectivity index (χ1v) is 9.17. The molecule has 1 aliphatic rings. The third-order valence-electron chi connectivity index (χ3n) is 4.56. The van der Waals surface area contributed by atoms with Gasteiger partial charge in [0.2, 0.25) is 0 Å². The zero-order valence-electron chi connectivity index (χ0n) is 15.0. The van der Waals surface area contributed by atoms with Gasteiger partial charge in [0.05, 0.1) is 0 Å². The van der Waals surface area contributed by atoms with E-state index >= 15 is 0 Å². The molecule has 1 fully saturated rings. The van der Waals surface area contributed by atoms with Gasteiger partial charge in [0.1, 0.15) is 0 Å². The molecule has 0 bridgehead atoms. The molecule has 25 heavy (non-hydrogen) atoms. The highest BCUT2D eigenvalue weighted by Crippen LogP contribution is 2.14. The Morgan fingerprint density at radius 3 is 2.40 bits per heavy atom. The van der Waals surface area contributed by atoms with Gasteiger partial charge in [-0.25, -0.2) is 5.01 Å². The lowest BCUT2D eigenvalue weighted by atomic mass is 10.1. The maximum Gasteiger partial charge on any atom is 0.185 e. The molecule has 1 heterocycles. The first kappa shape index (κ1) is 17.9. The Morgan fingerprint density at radius 2 is 1.72 bits per heavy atom. The van der Waals surface area contributed by atoms with Crippen LogP contribution in [0.2, 0.25) is 0 Å². The van der Waals surface area contributed by atoms with Gasteiger partial charge in [0.15, 0.2) is 5.11 Å². The van der Waals surface area contributed by atoms with Crippen molar-refractivity contribution in [3.05, 3.63) is 65.2 Å². The number of hydrazine groups is 1. The van der Waals surface area contributed by atoms with Gasteiger partial charge in [-0.2, -0.15) is 0 Å². The number of piperazine rings is 1. The molecule has 0 radical (unpaired) electrons. The van der Waals surface area contributed by atoms with Crippen molar-refractivity contribution in [3.8, 4) is 0 Å². The summed E-state index contributed by atoms with van der Waals surface area (Å²) in [4.78, 5) is 2.50. The van der Waals surface area contributed by atoms with E-state index in [4.69, 9.17) is 12.2 Å². The van der Waals surface area contributed by atoms with Crippen molar-refractivity contribution in [3.63, 3.8) is 0 Å². The molecule has 0 saturated carbocycles. The van der Waals surface area contributed by atoms with E-state index in [0.717, 1.165) is 38.4 Å². The van der Waals surface area contributed by atoms with Gasteiger partial charge in [0, 0.05) is 38.4 Å². The number of hydrogen-bond donors (Lipinski definition) is 2. The van der Waals surface area contributed by atoms with Crippen LogP contribution in [-0.2, 0) is 6.54 Å². The van der Waals surface area contributed by atoms with Crippen molar-refractivity contribution in [1.29, 1.82) is 0 Å². The molecule has 2 N–H and O–H groups in total. The summed E-state index contributed by atoms with van der Waals surface area (Å²) in [7, 11) is 0. The Hall–Kier alpha value is -1.95. The second-order valence-electron chi connectivity index (χ2n) is 6.63. The molecule has 5 heteroatoms. The van der Waals surface area contributed by atoms with Crippen LogP contribution in [0.1, 0.15) is 16.7 Å². The Bertz CT molecular complexity index is 709. The number of thiocarbonyl (C=S) groups is 1. The van der Waals surface area contributed by atoms with E-state index < -0.39 is 0 Å². The van der Waals surface area contributed by atoms with E-state index in [1.807, 2.05) is 30.3 Å². The number of aryl methyl sites for hydroxylation is 2. The molecule has 1 saturated heterocycles. The SMILES string of the molecule is Cc1ccc(CN2CCN(NC(=S)Nc3ccccc3)CC2)c(C)c1. The highest BCUT2D eigenvalue weighted by molar-refractivity contribution is 7.80. The summed E-state index contributed by atoms with van der Waals surface area (Å²) in [6.45, 7) is 9.36. The lowest BCUT2D eigenvalue weighted by Crippen LogP contribution is -2.54. The molecule has 3 rings (SSSR count). The molecule has 2 aromatic carbocycles. The van der Waals surface area contributed by atoms with Crippen LogP contribution in [0.25, 0.3) is 0 Å². The van der Waals surface area contributed by atoms with Crippen LogP contribution in [0.3, 0.4) is 0 Å². The molecule has 0 spiro atoms. The first-order valence-electron chi connectivity index (χ1n) is 8.76. The van der Waals surface area contributed by atoms with Crippen molar-refractivity contribution in [2.24, 2.45) is 0 Å². The van der Waals surface area contributed by atoms with Crippen LogP contribution in [0.5, 0.6) is 0 Å². The monoisotopic (exact) mass is 354 g/mol. The number of anilines is 1. The normalized spacial score (nSPS) is 15.8. The summed E-state index contributed by atoms with van der Waals surface area (Å²) in [5, 5.41) is 6.06. The van der Waals surface area contributed by atoms with Crippen LogP contribution in [0.4, 0.5) is 5.69 Å². The van der Waals surface area contributed by atoms with Crippen molar-refractivity contribution >= 4 is 23.0 Å². The van der Waals surface area contributed by atoms with E-state index in [-0.39, 0.29) is 0 Å². The topological polar surface area (TPSA) is 30.5 Å². The Morgan fingerprint density at radius 1 is 1.00 bits per heavy atom. The lowest BCUT2D eigenvalue weighted by Gasteiger charge is -2.35. The number of para-hydroxylation sites is 1. The van der Waals surface area contributed by atoms with Gasteiger partial charge in [-0.15, -0.1) is 0 Å². The summed E-state index contributed by atoms with van der Waals surface area (Å²) < 4.78 is 0. The predicted molar refractivity (Wildman–Crippen MR) is 109 cm³/mol. The number of nitrogens with one attached hydrogen (secondary N) is 2. The third-order valence-corrected chi connectivity index (χ3v) is 4.75. The molecule has 0 amide bonds. The maximum absolute atomic E-state index is 5.40. The fourth-order valence-electron chi connectivity index (χ4n) is 3.11. The number of rotatable bonds is 4. The average molecular weight is 355 g/mol. The Labute approximate surface area is 155 Å². The van der Waals surface area contributed by atoms with E-state index in [2.05, 4.69) is 52.7 Å². The summed E-state index contributed by atoms with van der Waals surface area (Å²) in [5.41, 5.74) is 8.44. The Kier molecular flexibility index (Phi) is 6.02. The second kappa shape index (κ2) is 8.43. The molecule has 0 aromatic heterocycles. The summed E-state index contributed by atoms with van der Waals surface area (Å²) in [5.74, 6) is 0. The molecule has 0 unspecified atom stereocenters. The maximum atomic E-state index is 5.40. The zero-order valence-corrected chi connectivity index (χ0v) is 15.8. The van der Waals surface area contributed by atoms with Crippen molar-refractivity contribution in [2.45, 2.75) is 20.4 Å². The number of nitrogens with zero attached hydrogens (tertiary/aromatic N) is 2. The lowest BCUT2D eigenvalue weighted by molar-refractivity contribution is 0.108. The largest absolute Gasteiger partial charge is 0.332 e. The van der Waals surface area contributed by atoms with Gasteiger partial charge in [-0.1, -0.05) is 42.0 Å². The van der Waals surface area contributed by atoms with Gasteiger partial charge < -0.3 is 5.32 Å². The standard InChI is InChI=1S/C20H26N4S/c1-16-8-9-18(17(2)14-16)15-23-10-12-24(13-11-23)22-20(25)21-19-6-4-3-5-7-19/h3-9,14H,10-13,15H2,1-2H3,(H2,21,22,25). The van der Waals surface area contributed by atoms with Crippen LogP contribution >= 0.6 is 12.2 Å². The molecular formula is C20H26N4S. The number of hydrogen-bond acceptors (Lipinski definition) is 3. The molecular weight excluding hydrogens is 328 g/mol. The van der Waals surface area contributed by atoms with Crippen LogP contribution in [0, 0.1) is 13.8 Å². The van der Waals surface area contributed by atoms with Gasteiger partial charge in [-0.3, -0.25) is 10.3 Å². The smallest absolute Gasteiger partial charge is 0.185 e. The van der Waals surface area contributed by atoms with Crippen molar-refractivity contribution < 1.29 is 0 Å². The van der Waals surface area contributed by atoms with E-state index in [1.54, 1.807) is 0 Å². The van der Waals surface area contributed by atoms with Crippen molar-refractivity contribution in [1.82, 2.24) is 15.3 Å². The first-order chi connectivity index (χ1) is 12.1. The highest BCUT2D eigenvalue weighted by atomic mass is 32.1. The van der Waals surface area contributed by atoms with Gasteiger partial charge in [0.25, 0.3) is 0 Å². The van der Waals surface area contributed by atoms with E-state index in [1.165, 1.54) is 16.7 Å². The fourth-order valence-corrected chi connectivity index (χ4v) is 3.35. The van der Waals surface area contributed by atoms with Crippen LogP contribution < -0.4 is 10.7 Å². The molecule has 2 aromatic rings. The summed E-state index contributed by atoms with van der Waals surface area (Å²) >= 11 is 5.40. The predicted octanol–water partition coefficient (Wildman–Crippen LogP) is 3.32. The highest BCUT2D eigenvalue weighted by Gasteiger charge is 2.18. The Balaban J connectivity index is 1.44. The minimum absolute atomic E-state index is 0.647. The minimum Gasteiger partial charge on any atom is -0.332 e. The van der Waals surface area contributed by atoms with Crippen LogP contribution in [-0.4, -0.2) is 41.2 Å². The quantitative estimate of drug-likeness (QED) is 0.823. The fraction of sp³-hybridized carbons (Fsp3) is 0.350. The van der Waals surface area contributed by atoms with E-state index in [9.17, 15) is 0 Å². The van der Waals surface area contributed by atoms with Crippen molar-refractivity contribution in [2.75, 3.05) is 31.5 Å². The summed E-state index contributed by atoms with van der Waals surface area (Å²) in [6, 6.07) is 16.7. The zero-order chi connectivity index (χ0) is 17.6. The molecule has 4 nitrogen and oxygen atoms in total. The average Bonchev–Trinajstić information content (AvgIpc) is 2.60. The van der Waals surface area contributed by atoms with Gasteiger partial charge in [-0.05, 0) is 49.3 Å². The van der Waals surface area contributed by atoms with Gasteiger partial charge >= 0.3 is 0 Å². The molecule has 132 valence electrons. The summed E-state index contributed by atoms with van der Waals surface area (Å²) in [6.07, 6.45) is 0. The minimum atomic E-state index is 0.647.